The van der Waals surface area contributed by atoms with Gasteiger partial charge in [-0.15, -0.1) is 0 Å². The number of piperazine rings is 1. The third kappa shape index (κ3) is 4.13. The Hall–Kier alpha value is -3.39. The van der Waals surface area contributed by atoms with Crippen molar-refractivity contribution in [1.29, 1.82) is 0 Å². The number of aromatic nitrogens is 1. The molecule has 8 heteroatoms. The van der Waals surface area contributed by atoms with E-state index in [1.54, 1.807) is 35.2 Å². The van der Waals surface area contributed by atoms with Gasteiger partial charge in [0.2, 0.25) is 5.91 Å². The topological polar surface area (TPSA) is 87.8 Å². The van der Waals surface area contributed by atoms with Crippen LogP contribution in [0, 0.1) is 0 Å². The number of carbonyl (C=O) groups excluding carboxylic acids is 2. The second-order valence-corrected chi connectivity index (χ2v) is 7.27. The van der Waals surface area contributed by atoms with Crippen LogP contribution in [-0.2, 0) is 11.3 Å². The molecule has 0 spiro atoms. The van der Waals surface area contributed by atoms with E-state index < -0.39 is 5.76 Å². The Labute approximate surface area is 173 Å². The van der Waals surface area contributed by atoms with Crippen LogP contribution in [0.2, 0.25) is 0 Å². The number of likely N-dealkylation sites (N-methyl/N-ethyl adjacent to an activating group) is 1. The summed E-state index contributed by atoms with van der Waals surface area (Å²) in [4.78, 5) is 41.7. The number of carbonyl (C=O) groups is 2. The lowest BCUT2D eigenvalue weighted by molar-refractivity contribution is -0.133. The van der Waals surface area contributed by atoms with Crippen LogP contribution in [-0.4, -0.2) is 58.9 Å². The molecule has 4 rings (SSSR count). The van der Waals surface area contributed by atoms with E-state index in [1.165, 1.54) is 4.57 Å². The van der Waals surface area contributed by atoms with Crippen LogP contribution in [0.1, 0.15) is 17.3 Å². The van der Waals surface area contributed by atoms with E-state index in [9.17, 15) is 14.4 Å². The third-order valence-electron chi connectivity index (χ3n) is 5.43. The van der Waals surface area contributed by atoms with Crippen LogP contribution in [0.15, 0.2) is 57.7 Å². The van der Waals surface area contributed by atoms with E-state index in [0.29, 0.717) is 35.4 Å². The van der Waals surface area contributed by atoms with Crippen LogP contribution >= 0.6 is 0 Å². The number of anilines is 1. The first-order valence-corrected chi connectivity index (χ1v) is 10.0. The third-order valence-corrected chi connectivity index (χ3v) is 5.43. The van der Waals surface area contributed by atoms with Crippen molar-refractivity contribution in [2.45, 2.75) is 13.5 Å². The summed E-state index contributed by atoms with van der Waals surface area (Å²) in [7, 11) is 0. The molecule has 2 heterocycles. The number of fused-ring (bicyclic) bond motifs is 1. The van der Waals surface area contributed by atoms with Gasteiger partial charge in [0.1, 0.15) is 6.54 Å². The van der Waals surface area contributed by atoms with Crippen LogP contribution in [0.25, 0.3) is 11.1 Å². The summed E-state index contributed by atoms with van der Waals surface area (Å²) < 4.78 is 6.57. The van der Waals surface area contributed by atoms with Gasteiger partial charge in [0, 0.05) is 37.4 Å². The highest BCUT2D eigenvalue weighted by Crippen LogP contribution is 2.17. The molecule has 1 aliphatic heterocycles. The number of oxazole rings is 1. The number of amides is 2. The highest BCUT2D eigenvalue weighted by molar-refractivity contribution is 6.05. The van der Waals surface area contributed by atoms with E-state index in [1.807, 2.05) is 18.2 Å². The standard InChI is InChI=1S/C22H24N4O4/c1-2-24-10-12-25(13-11-24)20(27)15-26-18-14-16(8-9-19(18)30-22(26)29)21(28)23-17-6-4-3-5-7-17/h3-9,14H,2,10-13,15H2,1H3,(H,23,28). The molecular formula is C22H24N4O4. The first-order valence-electron chi connectivity index (χ1n) is 10.0. The SMILES string of the molecule is CCN1CCN(C(=O)Cn2c(=O)oc3ccc(C(=O)Nc4ccccc4)cc32)CC1. The van der Waals surface area contributed by atoms with Crippen LogP contribution in [0.4, 0.5) is 5.69 Å². The Bertz CT molecular complexity index is 1110. The number of hydrogen-bond acceptors (Lipinski definition) is 5. The van der Waals surface area contributed by atoms with Gasteiger partial charge < -0.3 is 19.5 Å². The molecule has 3 aromatic rings. The molecule has 8 nitrogen and oxygen atoms in total. The summed E-state index contributed by atoms with van der Waals surface area (Å²) >= 11 is 0. The van der Waals surface area contributed by atoms with Crippen LogP contribution in [0.5, 0.6) is 0 Å². The Balaban J connectivity index is 1.54. The summed E-state index contributed by atoms with van der Waals surface area (Å²) in [5.41, 5.74) is 1.83. The van der Waals surface area contributed by atoms with Crippen molar-refractivity contribution in [1.82, 2.24) is 14.4 Å². The number of nitrogens with one attached hydrogen (secondary N) is 1. The minimum Gasteiger partial charge on any atom is -0.408 e. The zero-order valence-corrected chi connectivity index (χ0v) is 16.8. The minimum absolute atomic E-state index is 0.109. The molecule has 0 atom stereocenters. The van der Waals surface area contributed by atoms with Crippen molar-refractivity contribution >= 4 is 28.6 Å². The number of para-hydroxylation sites is 1. The lowest BCUT2D eigenvalue weighted by Crippen LogP contribution is -2.49. The second kappa shape index (κ2) is 8.54. The molecule has 2 aromatic carbocycles. The summed E-state index contributed by atoms with van der Waals surface area (Å²) in [5.74, 6) is -1.04. The summed E-state index contributed by atoms with van der Waals surface area (Å²) in [6.07, 6.45) is 0. The number of hydrogen-bond donors (Lipinski definition) is 1. The van der Waals surface area contributed by atoms with Gasteiger partial charge in [-0.25, -0.2) is 4.79 Å². The van der Waals surface area contributed by atoms with Crippen molar-refractivity contribution in [3.63, 3.8) is 0 Å². The lowest BCUT2D eigenvalue weighted by atomic mass is 10.2. The highest BCUT2D eigenvalue weighted by atomic mass is 16.4. The van der Waals surface area contributed by atoms with Gasteiger partial charge in [0.15, 0.2) is 5.58 Å². The van der Waals surface area contributed by atoms with Crippen molar-refractivity contribution in [3.8, 4) is 0 Å². The maximum absolute atomic E-state index is 12.7. The average Bonchev–Trinajstić information content (AvgIpc) is 3.08. The fraction of sp³-hybridized carbons (Fsp3) is 0.318. The van der Waals surface area contributed by atoms with E-state index in [0.717, 1.165) is 19.6 Å². The summed E-state index contributed by atoms with van der Waals surface area (Å²) in [6, 6.07) is 13.9. The predicted molar refractivity (Wildman–Crippen MR) is 114 cm³/mol. The molecule has 0 unspecified atom stereocenters. The molecule has 0 bridgehead atoms. The number of nitrogens with zero attached hydrogens (tertiary/aromatic N) is 3. The first kappa shape index (κ1) is 19.9. The van der Waals surface area contributed by atoms with Crippen molar-refractivity contribution in [3.05, 3.63) is 64.6 Å². The zero-order valence-electron chi connectivity index (χ0n) is 16.8. The van der Waals surface area contributed by atoms with E-state index >= 15 is 0 Å². The molecule has 1 fully saturated rings. The molecule has 30 heavy (non-hydrogen) atoms. The zero-order chi connectivity index (χ0) is 21.1. The van der Waals surface area contributed by atoms with E-state index in [-0.39, 0.29) is 18.4 Å². The number of benzene rings is 2. The van der Waals surface area contributed by atoms with Gasteiger partial charge in [-0.1, -0.05) is 25.1 Å². The molecular weight excluding hydrogens is 384 g/mol. The maximum Gasteiger partial charge on any atom is 0.420 e. The number of rotatable bonds is 5. The molecule has 1 saturated heterocycles. The van der Waals surface area contributed by atoms with Crippen LogP contribution < -0.4 is 11.1 Å². The summed E-state index contributed by atoms with van der Waals surface area (Å²) in [6.45, 7) is 5.88. The lowest BCUT2D eigenvalue weighted by Gasteiger charge is -2.34. The highest BCUT2D eigenvalue weighted by Gasteiger charge is 2.22. The van der Waals surface area contributed by atoms with Crippen molar-refractivity contribution < 1.29 is 14.0 Å². The van der Waals surface area contributed by atoms with Gasteiger partial charge >= 0.3 is 5.76 Å². The molecule has 1 aromatic heterocycles. The van der Waals surface area contributed by atoms with Crippen molar-refractivity contribution in [2.75, 3.05) is 38.0 Å². The monoisotopic (exact) mass is 408 g/mol. The quantitative estimate of drug-likeness (QED) is 0.698. The fourth-order valence-electron chi connectivity index (χ4n) is 3.63. The van der Waals surface area contributed by atoms with Gasteiger partial charge in [0.05, 0.1) is 5.52 Å². The van der Waals surface area contributed by atoms with Crippen molar-refractivity contribution in [2.24, 2.45) is 0 Å². The van der Waals surface area contributed by atoms with Gasteiger partial charge in [-0.05, 0) is 36.9 Å². The molecule has 156 valence electrons. The van der Waals surface area contributed by atoms with E-state index in [4.69, 9.17) is 4.42 Å². The first-order chi connectivity index (χ1) is 14.5. The normalized spacial score (nSPS) is 14.8. The second-order valence-electron chi connectivity index (χ2n) is 7.27. The maximum atomic E-state index is 12.7. The summed E-state index contributed by atoms with van der Waals surface area (Å²) in [5, 5.41) is 2.81. The molecule has 0 radical (unpaired) electrons. The Morgan fingerprint density at radius 2 is 1.77 bits per heavy atom. The minimum atomic E-state index is -0.605. The average molecular weight is 408 g/mol. The Kier molecular flexibility index (Phi) is 5.67. The fourth-order valence-corrected chi connectivity index (χ4v) is 3.63. The Morgan fingerprint density at radius 1 is 1.03 bits per heavy atom. The molecule has 2 amide bonds. The smallest absolute Gasteiger partial charge is 0.408 e. The largest absolute Gasteiger partial charge is 0.420 e. The van der Waals surface area contributed by atoms with Gasteiger partial charge in [-0.2, -0.15) is 0 Å². The molecule has 1 aliphatic rings. The molecule has 0 saturated carbocycles. The van der Waals surface area contributed by atoms with E-state index in [2.05, 4.69) is 17.1 Å². The van der Waals surface area contributed by atoms with Gasteiger partial charge in [-0.3, -0.25) is 14.2 Å². The predicted octanol–water partition coefficient (Wildman–Crippen LogP) is 2.01. The van der Waals surface area contributed by atoms with Gasteiger partial charge in [0.25, 0.3) is 5.91 Å². The molecule has 1 N–H and O–H groups in total. The Morgan fingerprint density at radius 3 is 2.47 bits per heavy atom. The molecule has 0 aliphatic carbocycles. The van der Waals surface area contributed by atoms with Crippen LogP contribution in [0.3, 0.4) is 0 Å².